The lowest BCUT2D eigenvalue weighted by Gasteiger charge is -1.96. The Hall–Kier alpha value is -0.730. The number of primary amides is 1. The minimum Gasteiger partial charge on any atom is -0.465 e. The van der Waals surface area contributed by atoms with E-state index in [0.29, 0.717) is 0 Å². The molecule has 3 N–H and O–H groups in total. The largest absolute Gasteiger partial charge is 0.465 e. The molecular weight excluding hydrogens is 166 g/mol. The van der Waals surface area contributed by atoms with Crippen molar-refractivity contribution in [1.82, 2.24) is 0 Å². The highest BCUT2D eigenvalue weighted by Gasteiger charge is 1.85. The highest BCUT2D eigenvalue weighted by molar-refractivity contribution is 5.61. The van der Waals surface area contributed by atoms with Crippen LogP contribution in [0.2, 0.25) is 0 Å². The molecule has 0 aromatic heterocycles. The van der Waals surface area contributed by atoms with Crippen molar-refractivity contribution in [3.8, 4) is 0 Å². The smallest absolute Gasteiger partial charge is 0.402 e. The van der Waals surface area contributed by atoms with Gasteiger partial charge in [-0.2, -0.15) is 0 Å². The summed E-state index contributed by atoms with van der Waals surface area (Å²) in [5.74, 6) is 0. The van der Waals surface area contributed by atoms with Crippen molar-refractivity contribution >= 4 is 6.09 Å². The first-order valence-electron chi connectivity index (χ1n) is 5.13. The second kappa shape index (κ2) is 13.8. The first kappa shape index (κ1) is 14.8. The minimum absolute atomic E-state index is 1.33. The minimum atomic E-state index is -1.33. The van der Waals surface area contributed by atoms with Gasteiger partial charge in [-0.1, -0.05) is 58.8 Å². The Bertz CT molecular complexity index is 95.1. The Labute approximate surface area is 81.3 Å². The SMILES string of the molecule is CCCCCCCCC.NC(=O)O. The summed E-state index contributed by atoms with van der Waals surface area (Å²) in [6.07, 6.45) is 8.64. The summed E-state index contributed by atoms with van der Waals surface area (Å²) < 4.78 is 0. The molecule has 13 heavy (non-hydrogen) atoms. The van der Waals surface area contributed by atoms with Crippen LogP contribution < -0.4 is 5.73 Å². The van der Waals surface area contributed by atoms with Crippen LogP contribution >= 0.6 is 0 Å². The first-order chi connectivity index (χ1) is 6.15. The van der Waals surface area contributed by atoms with Gasteiger partial charge in [0.05, 0.1) is 0 Å². The molecule has 0 atom stereocenters. The molecule has 0 aromatic carbocycles. The van der Waals surface area contributed by atoms with E-state index >= 15 is 0 Å². The number of hydrogen-bond donors (Lipinski definition) is 2. The predicted octanol–water partition coefficient (Wildman–Crippen LogP) is 3.38. The molecule has 0 saturated heterocycles. The van der Waals surface area contributed by atoms with Crippen molar-refractivity contribution in [3.05, 3.63) is 0 Å². The van der Waals surface area contributed by atoms with Gasteiger partial charge < -0.3 is 10.8 Å². The fourth-order valence-electron chi connectivity index (χ4n) is 1.03. The number of unbranched alkanes of at least 4 members (excludes halogenated alkanes) is 6. The lowest BCUT2D eigenvalue weighted by molar-refractivity contribution is 0.205. The highest BCUT2D eigenvalue weighted by atomic mass is 16.4. The maximum atomic E-state index is 8.78. The molecule has 0 heterocycles. The van der Waals surface area contributed by atoms with Crippen LogP contribution in [0.15, 0.2) is 0 Å². The number of hydrogen-bond acceptors (Lipinski definition) is 1. The molecule has 0 aliphatic heterocycles. The Balaban J connectivity index is 0. The van der Waals surface area contributed by atoms with Crippen LogP contribution in [-0.2, 0) is 0 Å². The Morgan fingerprint density at radius 3 is 1.46 bits per heavy atom. The zero-order chi connectivity index (χ0) is 10.5. The molecule has 80 valence electrons. The van der Waals surface area contributed by atoms with Gasteiger partial charge in [0.25, 0.3) is 0 Å². The summed E-state index contributed by atoms with van der Waals surface area (Å²) in [5.41, 5.74) is 4.03. The number of carboxylic acid groups (broad SMARTS) is 1. The highest BCUT2D eigenvalue weighted by Crippen LogP contribution is 2.05. The Kier molecular flexibility index (Phi) is 15.7. The lowest BCUT2D eigenvalue weighted by atomic mass is 10.1. The van der Waals surface area contributed by atoms with E-state index in [9.17, 15) is 0 Å². The zero-order valence-electron chi connectivity index (χ0n) is 8.88. The maximum Gasteiger partial charge on any atom is 0.402 e. The first-order valence-corrected chi connectivity index (χ1v) is 5.13. The average Bonchev–Trinajstić information content (AvgIpc) is 2.03. The predicted molar refractivity (Wildman–Crippen MR) is 55.9 cm³/mol. The van der Waals surface area contributed by atoms with Gasteiger partial charge in [-0.15, -0.1) is 0 Å². The van der Waals surface area contributed by atoms with E-state index in [4.69, 9.17) is 9.90 Å². The summed E-state index contributed by atoms with van der Waals surface area (Å²) in [6.45, 7) is 4.53. The molecule has 0 radical (unpaired) electrons. The summed E-state index contributed by atoms with van der Waals surface area (Å²) in [7, 11) is 0. The van der Waals surface area contributed by atoms with Crippen molar-refractivity contribution in [1.29, 1.82) is 0 Å². The fourth-order valence-corrected chi connectivity index (χ4v) is 1.03. The Morgan fingerprint density at radius 1 is 1.00 bits per heavy atom. The van der Waals surface area contributed by atoms with E-state index in [0.717, 1.165) is 0 Å². The molecule has 1 amide bonds. The van der Waals surface area contributed by atoms with Crippen LogP contribution in [0.3, 0.4) is 0 Å². The summed E-state index contributed by atoms with van der Waals surface area (Å²) in [4.78, 5) is 8.78. The number of carbonyl (C=O) groups is 1. The average molecular weight is 189 g/mol. The quantitative estimate of drug-likeness (QED) is 0.629. The van der Waals surface area contributed by atoms with Crippen molar-refractivity contribution in [2.45, 2.75) is 58.8 Å². The Morgan fingerprint density at radius 2 is 1.23 bits per heavy atom. The molecule has 0 spiro atoms. The van der Waals surface area contributed by atoms with E-state index in [1.807, 2.05) is 0 Å². The van der Waals surface area contributed by atoms with Gasteiger partial charge in [-0.05, 0) is 0 Å². The molecule has 0 bridgehead atoms. The molecule has 0 fully saturated rings. The molecule has 0 rings (SSSR count). The van der Waals surface area contributed by atoms with Crippen molar-refractivity contribution in [2.75, 3.05) is 0 Å². The lowest BCUT2D eigenvalue weighted by Crippen LogP contribution is -2.03. The second-order valence-corrected chi connectivity index (χ2v) is 3.11. The monoisotopic (exact) mass is 189 g/mol. The van der Waals surface area contributed by atoms with Crippen molar-refractivity contribution in [3.63, 3.8) is 0 Å². The van der Waals surface area contributed by atoms with Crippen LogP contribution in [0.5, 0.6) is 0 Å². The molecule has 0 aliphatic rings. The third kappa shape index (κ3) is 34.9. The zero-order valence-corrected chi connectivity index (χ0v) is 8.88. The molecule has 3 heteroatoms. The van der Waals surface area contributed by atoms with Crippen LogP contribution in [0.4, 0.5) is 4.79 Å². The van der Waals surface area contributed by atoms with Crippen LogP contribution in [-0.4, -0.2) is 11.2 Å². The molecule has 0 saturated carbocycles. The van der Waals surface area contributed by atoms with E-state index in [1.165, 1.54) is 44.9 Å². The molecule has 0 unspecified atom stereocenters. The van der Waals surface area contributed by atoms with Gasteiger partial charge in [0, 0.05) is 0 Å². The molecule has 0 aromatic rings. The maximum absolute atomic E-state index is 8.78. The van der Waals surface area contributed by atoms with Gasteiger partial charge in [-0.25, -0.2) is 4.79 Å². The van der Waals surface area contributed by atoms with E-state index in [-0.39, 0.29) is 0 Å². The molecule has 0 aliphatic carbocycles. The molecular formula is C10H23NO2. The van der Waals surface area contributed by atoms with Crippen LogP contribution in [0.25, 0.3) is 0 Å². The van der Waals surface area contributed by atoms with Gasteiger partial charge in [0.1, 0.15) is 0 Å². The number of nitrogens with two attached hydrogens (primary N) is 1. The number of rotatable bonds is 6. The van der Waals surface area contributed by atoms with Gasteiger partial charge in [0.2, 0.25) is 0 Å². The summed E-state index contributed by atoms with van der Waals surface area (Å²) in [6, 6.07) is 0. The third-order valence-corrected chi connectivity index (χ3v) is 1.71. The van der Waals surface area contributed by atoms with Crippen molar-refractivity contribution < 1.29 is 9.90 Å². The van der Waals surface area contributed by atoms with Crippen LogP contribution in [0, 0.1) is 0 Å². The van der Waals surface area contributed by atoms with E-state index < -0.39 is 6.09 Å². The van der Waals surface area contributed by atoms with Crippen LogP contribution in [0.1, 0.15) is 58.8 Å². The van der Waals surface area contributed by atoms with Gasteiger partial charge in [0.15, 0.2) is 0 Å². The summed E-state index contributed by atoms with van der Waals surface area (Å²) >= 11 is 0. The fraction of sp³-hybridized carbons (Fsp3) is 0.900. The van der Waals surface area contributed by atoms with E-state index in [2.05, 4.69) is 19.6 Å². The molecule has 3 nitrogen and oxygen atoms in total. The second-order valence-electron chi connectivity index (χ2n) is 3.11. The summed E-state index contributed by atoms with van der Waals surface area (Å²) in [5, 5.41) is 7.19. The third-order valence-electron chi connectivity index (χ3n) is 1.71. The van der Waals surface area contributed by atoms with Gasteiger partial charge in [-0.3, -0.25) is 0 Å². The standard InChI is InChI=1S/C9H20.CH3NO2/c1-3-5-7-9-8-6-4-2;2-1(3)4/h3-9H2,1-2H3;2H2,(H,3,4). The normalized spacial score (nSPS) is 8.77. The van der Waals surface area contributed by atoms with Gasteiger partial charge >= 0.3 is 6.09 Å². The van der Waals surface area contributed by atoms with E-state index in [1.54, 1.807) is 0 Å². The van der Waals surface area contributed by atoms with Crippen molar-refractivity contribution in [2.24, 2.45) is 5.73 Å². The number of amides is 1. The topological polar surface area (TPSA) is 63.3 Å².